The number of likely N-dealkylation sites (tertiary alicyclic amines) is 1. The number of amides is 1. The maximum absolute atomic E-state index is 13.6. The van der Waals surface area contributed by atoms with Gasteiger partial charge in [0, 0.05) is 49.8 Å². The van der Waals surface area contributed by atoms with Gasteiger partial charge in [0.2, 0.25) is 0 Å². The Balaban J connectivity index is 1.47. The lowest BCUT2D eigenvalue weighted by Crippen LogP contribution is -2.41. The first-order valence-corrected chi connectivity index (χ1v) is 15.3. The number of H-pyrrole nitrogens is 1. The van der Waals surface area contributed by atoms with Crippen LogP contribution in [-0.2, 0) is 13.1 Å². The molecule has 4 aromatic heterocycles. The zero-order valence-corrected chi connectivity index (χ0v) is 25.1. The number of fused-ring (bicyclic) bond motifs is 1. The monoisotopic (exact) mass is 591 g/mol. The van der Waals surface area contributed by atoms with Gasteiger partial charge in [0.15, 0.2) is 0 Å². The van der Waals surface area contributed by atoms with Crippen LogP contribution >= 0.6 is 11.6 Å². The summed E-state index contributed by atoms with van der Waals surface area (Å²) < 4.78 is 3.01. The number of carbonyl (C=O) groups is 1. The van der Waals surface area contributed by atoms with Crippen LogP contribution in [0.2, 0.25) is 5.15 Å². The number of unbranched alkanes of at least 4 members (excludes halogenated alkanes) is 1. The van der Waals surface area contributed by atoms with Crippen molar-refractivity contribution in [2.75, 3.05) is 31.1 Å². The molecule has 1 amide bonds. The van der Waals surface area contributed by atoms with Crippen molar-refractivity contribution in [1.29, 1.82) is 0 Å². The van der Waals surface area contributed by atoms with Crippen LogP contribution in [0, 0.1) is 0 Å². The third-order valence-corrected chi connectivity index (χ3v) is 8.06. The Hall–Kier alpha value is -3.76. The number of anilines is 1. The summed E-state index contributed by atoms with van der Waals surface area (Å²) in [6, 6.07) is 8.82. The van der Waals surface area contributed by atoms with Crippen molar-refractivity contribution in [2.45, 2.75) is 65.5 Å². The van der Waals surface area contributed by atoms with Crippen LogP contribution in [0.4, 0.5) is 5.82 Å². The van der Waals surface area contributed by atoms with Gasteiger partial charge in [-0.3, -0.25) is 23.6 Å². The fourth-order valence-corrected chi connectivity index (χ4v) is 5.62. The fraction of sp³-hybridized carbons (Fsp3) is 0.452. The molecule has 10 nitrogen and oxygen atoms in total. The molecule has 1 aliphatic rings. The van der Waals surface area contributed by atoms with Crippen LogP contribution < -0.4 is 16.1 Å². The molecule has 42 heavy (non-hydrogen) atoms. The van der Waals surface area contributed by atoms with Gasteiger partial charge in [-0.2, -0.15) is 0 Å². The predicted octanol–water partition coefficient (Wildman–Crippen LogP) is 4.94. The Morgan fingerprint density at radius 1 is 0.952 bits per heavy atom. The van der Waals surface area contributed by atoms with E-state index in [4.69, 9.17) is 11.6 Å². The van der Waals surface area contributed by atoms with E-state index in [1.165, 1.54) is 30.0 Å². The van der Waals surface area contributed by atoms with E-state index in [1.54, 1.807) is 27.8 Å². The number of aromatic amines is 1. The Bertz CT molecular complexity index is 1630. The van der Waals surface area contributed by atoms with E-state index in [-0.39, 0.29) is 17.2 Å². The van der Waals surface area contributed by atoms with Gasteiger partial charge in [0.05, 0.1) is 11.1 Å². The van der Waals surface area contributed by atoms with Crippen molar-refractivity contribution >= 4 is 34.4 Å². The summed E-state index contributed by atoms with van der Waals surface area (Å²) >= 11 is 5.96. The van der Waals surface area contributed by atoms with Crippen molar-refractivity contribution in [3.05, 3.63) is 74.3 Å². The molecule has 0 aliphatic carbocycles. The first kappa shape index (κ1) is 29.7. The zero-order valence-electron chi connectivity index (χ0n) is 24.3. The van der Waals surface area contributed by atoms with Crippen LogP contribution in [0.15, 0.2) is 52.3 Å². The molecule has 5 heterocycles. The number of piperidine rings is 1. The molecule has 1 N–H and O–H groups in total. The molecule has 222 valence electrons. The Morgan fingerprint density at radius 2 is 1.76 bits per heavy atom. The molecule has 1 fully saturated rings. The Labute approximate surface area is 250 Å². The molecule has 0 saturated carbocycles. The number of aromatic nitrogens is 5. The quantitative estimate of drug-likeness (QED) is 0.247. The number of rotatable bonds is 11. The highest BCUT2D eigenvalue weighted by Crippen LogP contribution is 2.25. The van der Waals surface area contributed by atoms with Crippen LogP contribution in [0.5, 0.6) is 0 Å². The first-order valence-electron chi connectivity index (χ1n) is 14.9. The molecule has 1 saturated heterocycles. The van der Waals surface area contributed by atoms with Crippen molar-refractivity contribution in [3.63, 3.8) is 0 Å². The Kier molecular flexibility index (Phi) is 9.54. The van der Waals surface area contributed by atoms with E-state index < -0.39 is 0 Å². The molecule has 0 radical (unpaired) electrons. The van der Waals surface area contributed by atoms with Crippen LogP contribution in [0.25, 0.3) is 22.3 Å². The zero-order chi connectivity index (χ0) is 29.6. The maximum Gasteiger partial charge on any atom is 0.331 e. The molecule has 1 aliphatic heterocycles. The van der Waals surface area contributed by atoms with Crippen LogP contribution in [0.3, 0.4) is 0 Å². The van der Waals surface area contributed by atoms with Gasteiger partial charge in [-0.1, -0.05) is 38.3 Å². The predicted molar refractivity (Wildman–Crippen MR) is 166 cm³/mol. The summed E-state index contributed by atoms with van der Waals surface area (Å²) in [4.78, 5) is 56.1. The molecule has 4 aromatic rings. The summed E-state index contributed by atoms with van der Waals surface area (Å²) in [5.74, 6) is 0.329. The van der Waals surface area contributed by atoms with E-state index in [9.17, 15) is 14.4 Å². The number of pyridine rings is 2. The summed E-state index contributed by atoms with van der Waals surface area (Å²) in [5, 5.41) is 0.328. The highest BCUT2D eigenvalue weighted by molar-refractivity contribution is 6.29. The topological polar surface area (TPSA) is 109 Å². The number of hydrogen-bond donors (Lipinski definition) is 1. The van der Waals surface area contributed by atoms with E-state index in [0.717, 1.165) is 44.5 Å². The average Bonchev–Trinajstić information content (AvgIpc) is 3.46. The maximum atomic E-state index is 13.6. The molecule has 0 unspecified atom stereocenters. The Morgan fingerprint density at radius 3 is 2.43 bits per heavy atom. The summed E-state index contributed by atoms with van der Waals surface area (Å²) in [7, 11) is 0. The largest absolute Gasteiger partial charge is 0.349 e. The highest BCUT2D eigenvalue weighted by atomic mass is 35.5. The minimum atomic E-state index is -0.308. The second-order valence-electron chi connectivity index (χ2n) is 10.8. The van der Waals surface area contributed by atoms with Gasteiger partial charge in [-0.25, -0.2) is 14.8 Å². The van der Waals surface area contributed by atoms with E-state index >= 15 is 0 Å². The molecule has 5 rings (SSSR count). The van der Waals surface area contributed by atoms with Gasteiger partial charge >= 0.3 is 5.69 Å². The van der Waals surface area contributed by atoms with E-state index in [2.05, 4.69) is 19.9 Å². The lowest BCUT2D eigenvalue weighted by atomic mass is 10.1. The van der Waals surface area contributed by atoms with Gasteiger partial charge in [0.1, 0.15) is 16.5 Å². The number of halogens is 1. The molecule has 0 aromatic carbocycles. The number of nitrogens with one attached hydrogen (secondary N) is 1. The lowest BCUT2D eigenvalue weighted by Gasteiger charge is -2.29. The smallest absolute Gasteiger partial charge is 0.331 e. The van der Waals surface area contributed by atoms with Crippen molar-refractivity contribution < 1.29 is 4.79 Å². The van der Waals surface area contributed by atoms with Crippen molar-refractivity contribution in [3.8, 4) is 11.3 Å². The summed E-state index contributed by atoms with van der Waals surface area (Å²) in [5.41, 5.74) is 2.29. The van der Waals surface area contributed by atoms with Gasteiger partial charge in [-0.15, -0.1) is 0 Å². The van der Waals surface area contributed by atoms with E-state index in [1.807, 2.05) is 32.0 Å². The fourth-order valence-electron chi connectivity index (χ4n) is 5.51. The third-order valence-electron chi connectivity index (χ3n) is 7.83. The second kappa shape index (κ2) is 13.5. The molecule has 11 heteroatoms. The first-order chi connectivity index (χ1) is 20.4. The van der Waals surface area contributed by atoms with Crippen molar-refractivity contribution in [2.24, 2.45) is 0 Å². The van der Waals surface area contributed by atoms with Gasteiger partial charge in [-0.05, 0) is 69.1 Å². The summed E-state index contributed by atoms with van der Waals surface area (Å²) in [6.45, 7) is 8.24. The number of aryl methyl sites for hydroxylation is 1. The van der Waals surface area contributed by atoms with Crippen molar-refractivity contribution in [1.82, 2.24) is 29.0 Å². The third kappa shape index (κ3) is 6.34. The number of nitrogens with zero attached hydrogens (tertiary/aromatic N) is 6. The molecule has 0 spiro atoms. The van der Waals surface area contributed by atoms with Gasteiger partial charge < -0.3 is 9.88 Å². The number of hydrogen-bond acceptors (Lipinski definition) is 6. The minimum absolute atomic E-state index is 0.196. The molecular formula is C31H38ClN7O3. The van der Waals surface area contributed by atoms with Gasteiger partial charge in [0.25, 0.3) is 11.5 Å². The lowest BCUT2D eigenvalue weighted by molar-refractivity contribution is 0.0981. The number of carbonyl (C=O) groups excluding carboxylic acids is 1. The molecular weight excluding hydrogens is 554 g/mol. The highest BCUT2D eigenvalue weighted by Gasteiger charge is 2.22. The minimum Gasteiger partial charge on any atom is -0.349 e. The summed E-state index contributed by atoms with van der Waals surface area (Å²) in [6.07, 6.45) is 9.17. The SMILES string of the molecule is CCCCn1c(=O)c2[nH]c(-c3ccc(N(CCN4CCCCC4)C(=O)c4ccc(Cl)nc4)nc3)cc2n(CCC)c1=O. The molecule has 0 bridgehead atoms. The molecule has 0 atom stereocenters. The second-order valence-corrected chi connectivity index (χ2v) is 11.2. The normalized spacial score (nSPS) is 14.0. The van der Waals surface area contributed by atoms with E-state index in [0.29, 0.717) is 52.9 Å². The average molecular weight is 592 g/mol. The van der Waals surface area contributed by atoms with Crippen LogP contribution in [-0.4, -0.2) is 61.1 Å². The standard InChI is InChI=1S/C31H38ClN7O3/c1-3-5-16-39-30(41)28-25(37(13-4-2)31(39)42)19-24(35-28)22-10-12-27(34-20-22)38(18-17-36-14-7-6-8-15-36)29(40)23-9-11-26(32)33-21-23/h9-12,19-21,35H,3-8,13-18H2,1-2H3. The van der Waals surface area contributed by atoms with Crippen LogP contribution in [0.1, 0.15) is 62.7 Å².